The molecule has 10 heteroatoms. The molecule has 1 N–H and O–H groups in total. The Balaban J connectivity index is 1.64. The molecule has 1 saturated heterocycles. The smallest absolute Gasteiger partial charge is 0.410 e. The van der Waals surface area contributed by atoms with Gasteiger partial charge in [0.05, 0.1) is 5.69 Å². The Morgan fingerprint density at radius 3 is 2.56 bits per heavy atom. The van der Waals surface area contributed by atoms with Crippen molar-refractivity contribution in [2.24, 2.45) is 0 Å². The van der Waals surface area contributed by atoms with Gasteiger partial charge in [-0.2, -0.15) is 5.10 Å². The van der Waals surface area contributed by atoms with Gasteiger partial charge < -0.3 is 15.0 Å². The lowest BCUT2D eigenvalue weighted by Gasteiger charge is -2.39. The molecule has 3 aromatic rings. The second-order valence-corrected chi connectivity index (χ2v) is 11.1. The van der Waals surface area contributed by atoms with Crippen molar-refractivity contribution in [2.45, 2.75) is 64.5 Å². The summed E-state index contributed by atoms with van der Waals surface area (Å²) in [6.45, 7) is 10.3. The molecule has 1 aromatic carbocycles. The van der Waals surface area contributed by atoms with Gasteiger partial charge in [-0.3, -0.25) is 4.79 Å². The fourth-order valence-electron chi connectivity index (χ4n) is 4.40. The highest BCUT2D eigenvalue weighted by Crippen LogP contribution is 2.41. The number of ether oxygens (including phenoxy) is 1. The Labute approximate surface area is 214 Å². The number of nitrogens with one attached hydrogen (secondary N) is 1. The summed E-state index contributed by atoms with van der Waals surface area (Å²) in [5.74, 6) is -0.648. The minimum absolute atomic E-state index is 0.00603. The van der Waals surface area contributed by atoms with Gasteiger partial charge in [0.25, 0.3) is 5.91 Å². The third-order valence-electron chi connectivity index (χ3n) is 5.94. The third kappa shape index (κ3) is 5.92. The molecule has 0 radical (unpaired) electrons. The molecule has 0 aliphatic carbocycles. The number of halogens is 1. The van der Waals surface area contributed by atoms with Gasteiger partial charge in [0.1, 0.15) is 17.1 Å². The van der Waals surface area contributed by atoms with Crippen molar-refractivity contribution in [3.63, 3.8) is 0 Å². The van der Waals surface area contributed by atoms with E-state index in [1.54, 1.807) is 33.3 Å². The van der Waals surface area contributed by atoms with Gasteiger partial charge >= 0.3 is 6.09 Å². The van der Waals surface area contributed by atoms with Crippen LogP contribution in [-0.2, 0) is 4.74 Å². The average molecular weight is 514 g/mol. The van der Waals surface area contributed by atoms with E-state index in [1.807, 2.05) is 40.7 Å². The van der Waals surface area contributed by atoms with Crippen molar-refractivity contribution in [1.29, 1.82) is 0 Å². The van der Waals surface area contributed by atoms with Crippen molar-refractivity contribution in [1.82, 2.24) is 25.0 Å². The Kier molecular flexibility index (Phi) is 7.44. The summed E-state index contributed by atoms with van der Waals surface area (Å²) in [5, 5.41) is 9.68. The quantitative estimate of drug-likeness (QED) is 0.512. The maximum Gasteiger partial charge on any atom is 0.410 e. The highest BCUT2D eigenvalue weighted by atomic mass is 32.1. The van der Waals surface area contributed by atoms with Gasteiger partial charge in [0.15, 0.2) is 0 Å². The summed E-state index contributed by atoms with van der Waals surface area (Å²) >= 11 is 1.35. The number of rotatable bonds is 5. The first-order valence-electron chi connectivity index (χ1n) is 12.1. The van der Waals surface area contributed by atoms with Crippen molar-refractivity contribution < 1.29 is 18.7 Å². The summed E-state index contributed by atoms with van der Waals surface area (Å²) in [6.07, 6.45) is 2.02. The van der Waals surface area contributed by atoms with Crippen molar-refractivity contribution >= 4 is 23.3 Å². The molecular weight excluding hydrogens is 481 g/mol. The number of amides is 2. The number of thiazole rings is 1. The molecule has 2 aromatic heterocycles. The first-order chi connectivity index (χ1) is 17.0. The molecule has 8 nitrogen and oxygen atoms in total. The van der Waals surface area contributed by atoms with E-state index in [0.717, 1.165) is 11.3 Å². The van der Waals surface area contributed by atoms with E-state index in [9.17, 15) is 14.0 Å². The zero-order valence-electron chi connectivity index (χ0n) is 21.2. The summed E-state index contributed by atoms with van der Waals surface area (Å²) < 4.78 is 21.1. The van der Waals surface area contributed by atoms with Gasteiger partial charge in [0, 0.05) is 42.5 Å². The van der Waals surface area contributed by atoms with Crippen LogP contribution in [-0.4, -0.2) is 56.4 Å². The number of aromatic nitrogens is 3. The minimum Gasteiger partial charge on any atom is -0.444 e. The number of likely N-dealkylation sites (tertiary alicyclic amines) is 1. The maximum atomic E-state index is 13.7. The highest BCUT2D eigenvalue weighted by Gasteiger charge is 2.37. The van der Waals surface area contributed by atoms with Crippen LogP contribution in [0, 0.1) is 5.82 Å². The Morgan fingerprint density at radius 2 is 1.89 bits per heavy atom. The Hall–Kier alpha value is -3.27. The SMILES string of the molecule is CC(C)NC(=O)c1csc(-n2nccc2C2CCN(C(=O)OC(C)(C)C)CC2c2ccc(F)cc2)n1. The Bertz CT molecular complexity index is 1210. The van der Waals surface area contributed by atoms with Crippen molar-refractivity contribution in [3.05, 3.63) is 64.7 Å². The standard InChI is InChI=1S/C26H32FN5O3S/c1-16(2)29-23(33)21-15-36-24(30-21)32-22(10-12-28-32)19-11-13-31(25(34)35-26(3,4)5)14-20(19)17-6-8-18(27)9-7-17/h6-10,12,15-16,19-20H,11,13-14H2,1-5H3,(H,29,33). The lowest BCUT2D eigenvalue weighted by Crippen LogP contribution is -2.44. The molecule has 1 aliphatic rings. The van der Waals surface area contributed by atoms with Crippen LogP contribution in [0.1, 0.15) is 74.6 Å². The number of benzene rings is 1. The molecule has 2 atom stereocenters. The highest BCUT2D eigenvalue weighted by molar-refractivity contribution is 7.12. The van der Waals surface area contributed by atoms with Gasteiger partial charge in [0.2, 0.25) is 5.13 Å². The molecule has 1 fully saturated rings. The lowest BCUT2D eigenvalue weighted by atomic mass is 9.79. The topological polar surface area (TPSA) is 89.4 Å². The molecule has 3 heterocycles. The molecule has 4 rings (SSSR count). The molecule has 2 unspecified atom stereocenters. The summed E-state index contributed by atoms with van der Waals surface area (Å²) in [7, 11) is 0. The lowest BCUT2D eigenvalue weighted by molar-refractivity contribution is 0.0182. The van der Waals surface area contributed by atoms with E-state index in [1.165, 1.54) is 23.5 Å². The Morgan fingerprint density at radius 1 is 1.17 bits per heavy atom. The largest absolute Gasteiger partial charge is 0.444 e. The third-order valence-corrected chi connectivity index (χ3v) is 6.76. The second kappa shape index (κ2) is 10.4. The fourth-order valence-corrected chi connectivity index (χ4v) is 5.18. The van der Waals surface area contributed by atoms with Crippen LogP contribution in [0.4, 0.5) is 9.18 Å². The van der Waals surface area contributed by atoms with Crippen LogP contribution in [0.25, 0.3) is 5.13 Å². The van der Waals surface area contributed by atoms with E-state index in [-0.39, 0.29) is 35.7 Å². The molecule has 1 aliphatic heterocycles. The molecule has 0 bridgehead atoms. The monoisotopic (exact) mass is 513 g/mol. The van der Waals surface area contributed by atoms with E-state index in [0.29, 0.717) is 30.3 Å². The molecule has 2 amide bonds. The van der Waals surface area contributed by atoms with E-state index >= 15 is 0 Å². The van der Waals surface area contributed by atoms with E-state index in [4.69, 9.17) is 4.74 Å². The molecular formula is C26H32FN5O3S. The zero-order valence-corrected chi connectivity index (χ0v) is 22.0. The van der Waals surface area contributed by atoms with Crippen molar-refractivity contribution in [3.8, 4) is 5.13 Å². The molecule has 0 saturated carbocycles. The van der Waals surface area contributed by atoms with Crippen LogP contribution in [0.5, 0.6) is 0 Å². The summed E-state index contributed by atoms with van der Waals surface area (Å²) in [6, 6.07) is 8.37. The van der Waals surface area contributed by atoms with E-state index < -0.39 is 5.60 Å². The number of hydrogen-bond donors (Lipinski definition) is 1. The van der Waals surface area contributed by atoms with E-state index in [2.05, 4.69) is 15.4 Å². The van der Waals surface area contributed by atoms with Crippen LogP contribution in [0.3, 0.4) is 0 Å². The number of nitrogens with zero attached hydrogens (tertiary/aromatic N) is 4. The molecule has 0 spiro atoms. The van der Waals surface area contributed by atoms with Gasteiger partial charge in [-0.15, -0.1) is 11.3 Å². The number of carbonyl (C=O) groups is 2. The number of carbonyl (C=O) groups excluding carboxylic acids is 2. The second-order valence-electron chi connectivity index (χ2n) is 10.3. The molecule has 192 valence electrons. The van der Waals surface area contributed by atoms with Gasteiger partial charge in [-0.1, -0.05) is 12.1 Å². The predicted octanol–water partition coefficient (Wildman–Crippen LogP) is 5.11. The normalized spacial score (nSPS) is 18.4. The summed E-state index contributed by atoms with van der Waals surface area (Å²) in [4.78, 5) is 31.5. The number of piperidine rings is 1. The van der Waals surface area contributed by atoms with Crippen LogP contribution >= 0.6 is 11.3 Å². The first kappa shape index (κ1) is 25.8. The van der Waals surface area contributed by atoms with Crippen LogP contribution in [0.2, 0.25) is 0 Å². The van der Waals surface area contributed by atoms with Crippen molar-refractivity contribution in [2.75, 3.05) is 13.1 Å². The maximum absolute atomic E-state index is 13.7. The van der Waals surface area contributed by atoms with Gasteiger partial charge in [-0.25, -0.2) is 18.9 Å². The average Bonchev–Trinajstić information content (AvgIpc) is 3.47. The van der Waals surface area contributed by atoms with Crippen LogP contribution < -0.4 is 5.32 Å². The molecule has 36 heavy (non-hydrogen) atoms. The zero-order chi connectivity index (χ0) is 26.0. The van der Waals surface area contributed by atoms with Gasteiger partial charge in [-0.05, 0) is 64.8 Å². The fraction of sp³-hybridized carbons (Fsp3) is 0.462. The predicted molar refractivity (Wildman–Crippen MR) is 136 cm³/mol. The first-order valence-corrected chi connectivity index (χ1v) is 12.9. The van der Waals surface area contributed by atoms with Crippen LogP contribution in [0.15, 0.2) is 41.9 Å². The number of hydrogen-bond acceptors (Lipinski definition) is 6. The minimum atomic E-state index is -0.595. The summed E-state index contributed by atoms with van der Waals surface area (Å²) in [5.41, 5.74) is 1.61.